The van der Waals surface area contributed by atoms with Gasteiger partial charge in [-0.2, -0.15) is 0 Å². The largest absolute Gasteiger partial charge is 0.507 e. The lowest BCUT2D eigenvalue weighted by atomic mass is 9.99. The van der Waals surface area contributed by atoms with E-state index in [0.717, 1.165) is 16.7 Å². The van der Waals surface area contributed by atoms with Crippen LogP contribution in [0.2, 0.25) is 0 Å². The van der Waals surface area contributed by atoms with Gasteiger partial charge in [-0.15, -0.1) is 0 Å². The van der Waals surface area contributed by atoms with Gasteiger partial charge < -0.3 is 19.3 Å². The molecule has 0 unspecified atom stereocenters. The number of hydrogen-bond acceptors (Lipinski definition) is 5. The molecule has 0 fully saturated rings. The molecule has 1 N–H and O–H groups in total. The smallest absolute Gasteiger partial charge is 0.193 e. The Labute approximate surface area is 172 Å². The van der Waals surface area contributed by atoms with Gasteiger partial charge in [0.25, 0.3) is 0 Å². The minimum Gasteiger partial charge on any atom is -0.507 e. The molecule has 0 radical (unpaired) electrons. The van der Waals surface area contributed by atoms with Crippen molar-refractivity contribution in [2.45, 2.75) is 27.2 Å². The number of rotatable bonds is 9. The Kier molecular flexibility index (Phi) is 8.04. The number of allylic oxidation sites excluding steroid dienone is 3. The number of ketones is 1. The number of benzene rings is 2. The first kappa shape index (κ1) is 22.2. The number of aromatic hydroxyl groups is 1. The van der Waals surface area contributed by atoms with E-state index in [-0.39, 0.29) is 35.4 Å². The third-order valence-electron chi connectivity index (χ3n) is 4.33. The van der Waals surface area contributed by atoms with Crippen LogP contribution in [0.3, 0.4) is 0 Å². The Bertz CT molecular complexity index is 904. The molecule has 2 aromatic carbocycles. The molecule has 29 heavy (non-hydrogen) atoms. The zero-order chi connectivity index (χ0) is 21.4. The van der Waals surface area contributed by atoms with Crippen LogP contribution in [0.25, 0.3) is 6.08 Å². The summed E-state index contributed by atoms with van der Waals surface area (Å²) in [4.78, 5) is 13.1. The van der Waals surface area contributed by atoms with Gasteiger partial charge in [-0.25, -0.2) is 0 Å². The highest BCUT2D eigenvalue weighted by molar-refractivity contribution is 6.11. The van der Waals surface area contributed by atoms with Crippen LogP contribution in [-0.4, -0.2) is 31.9 Å². The van der Waals surface area contributed by atoms with Crippen LogP contribution in [0.5, 0.6) is 17.2 Å². The molecule has 2 rings (SSSR count). The third kappa shape index (κ3) is 5.96. The molecule has 0 amide bonds. The van der Waals surface area contributed by atoms with Gasteiger partial charge in [-0.05, 0) is 38.8 Å². The number of carbonyl (C=O) groups excluding carboxylic acids is 1. The molecule has 0 aliphatic carbocycles. The van der Waals surface area contributed by atoms with Crippen molar-refractivity contribution < 1.29 is 24.1 Å². The SMILES string of the molecule is COCOc1c(CC=C(C)C)c(O)cc(OC)c1C(=O)/C=C/c1ccc(C)cc1. The fourth-order valence-electron chi connectivity index (χ4n) is 2.77. The van der Waals surface area contributed by atoms with Gasteiger partial charge in [-0.1, -0.05) is 47.6 Å². The molecular weight excluding hydrogens is 368 g/mol. The number of hydrogen-bond donors (Lipinski definition) is 1. The summed E-state index contributed by atoms with van der Waals surface area (Å²) in [6.07, 6.45) is 5.59. The van der Waals surface area contributed by atoms with E-state index in [4.69, 9.17) is 14.2 Å². The van der Waals surface area contributed by atoms with Gasteiger partial charge in [-0.3, -0.25) is 4.79 Å². The highest BCUT2D eigenvalue weighted by Crippen LogP contribution is 2.40. The summed E-state index contributed by atoms with van der Waals surface area (Å²) in [6.45, 7) is 5.88. The van der Waals surface area contributed by atoms with Crippen molar-refractivity contribution >= 4 is 11.9 Å². The molecule has 0 spiro atoms. The third-order valence-corrected chi connectivity index (χ3v) is 4.33. The van der Waals surface area contributed by atoms with Gasteiger partial charge in [0.1, 0.15) is 22.8 Å². The molecule has 5 heteroatoms. The van der Waals surface area contributed by atoms with Crippen molar-refractivity contribution in [2.75, 3.05) is 21.0 Å². The maximum Gasteiger partial charge on any atom is 0.193 e. The predicted molar refractivity (Wildman–Crippen MR) is 115 cm³/mol. The van der Waals surface area contributed by atoms with E-state index < -0.39 is 0 Å². The van der Waals surface area contributed by atoms with Gasteiger partial charge in [0, 0.05) is 18.7 Å². The highest BCUT2D eigenvalue weighted by atomic mass is 16.7. The Morgan fingerprint density at radius 1 is 1.14 bits per heavy atom. The highest BCUT2D eigenvalue weighted by Gasteiger charge is 2.23. The number of aryl methyl sites for hydroxylation is 1. The monoisotopic (exact) mass is 396 g/mol. The minimum absolute atomic E-state index is 0.00418. The standard InChI is InChI=1S/C24H28O5/c1-16(2)6-12-19-21(26)14-22(28-5)23(24(19)29-15-27-4)20(25)13-11-18-9-7-17(3)8-10-18/h6-11,13-14,26H,12,15H2,1-5H3/b13-11+. The maximum atomic E-state index is 13.1. The van der Waals surface area contributed by atoms with Crippen molar-refractivity contribution in [2.24, 2.45) is 0 Å². The zero-order valence-corrected chi connectivity index (χ0v) is 17.6. The summed E-state index contributed by atoms with van der Waals surface area (Å²) in [6, 6.07) is 9.29. The van der Waals surface area contributed by atoms with Gasteiger partial charge >= 0.3 is 0 Å². The first-order chi connectivity index (χ1) is 13.9. The van der Waals surface area contributed by atoms with Crippen molar-refractivity contribution in [1.82, 2.24) is 0 Å². The van der Waals surface area contributed by atoms with Crippen LogP contribution in [0.15, 0.2) is 48.1 Å². The van der Waals surface area contributed by atoms with Crippen LogP contribution in [-0.2, 0) is 11.2 Å². The second-order valence-corrected chi connectivity index (χ2v) is 6.93. The fourth-order valence-corrected chi connectivity index (χ4v) is 2.77. The predicted octanol–water partition coefficient (Wildman–Crippen LogP) is 5.10. The lowest BCUT2D eigenvalue weighted by molar-refractivity contribution is 0.0494. The van der Waals surface area contributed by atoms with Gasteiger partial charge in [0.15, 0.2) is 12.6 Å². The molecule has 0 saturated heterocycles. The van der Waals surface area contributed by atoms with Crippen molar-refractivity contribution in [3.05, 3.63) is 70.3 Å². The Morgan fingerprint density at radius 2 is 1.83 bits per heavy atom. The number of ether oxygens (including phenoxy) is 3. The first-order valence-corrected chi connectivity index (χ1v) is 9.34. The van der Waals surface area contributed by atoms with Crippen LogP contribution < -0.4 is 9.47 Å². The maximum absolute atomic E-state index is 13.1. The average molecular weight is 396 g/mol. The van der Waals surface area contributed by atoms with Crippen molar-refractivity contribution in [3.63, 3.8) is 0 Å². The molecule has 0 aromatic heterocycles. The Morgan fingerprint density at radius 3 is 2.41 bits per heavy atom. The summed E-state index contributed by atoms with van der Waals surface area (Å²) < 4.78 is 16.1. The number of carbonyl (C=O) groups is 1. The van der Waals surface area contributed by atoms with Crippen molar-refractivity contribution in [1.29, 1.82) is 0 Å². The van der Waals surface area contributed by atoms with E-state index >= 15 is 0 Å². The quantitative estimate of drug-likeness (QED) is 0.277. The molecule has 2 aromatic rings. The number of phenols is 1. The number of phenolic OH excluding ortho intramolecular Hbond substituents is 1. The fraction of sp³-hybridized carbons (Fsp3) is 0.292. The summed E-state index contributed by atoms with van der Waals surface area (Å²) >= 11 is 0. The van der Waals surface area contributed by atoms with E-state index in [1.54, 1.807) is 6.08 Å². The molecule has 5 nitrogen and oxygen atoms in total. The van der Waals surface area contributed by atoms with E-state index in [0.29, 0.717) is 12.0 Å². The molecule has 0 saturated carbocycles. The average Bonchev–Trinajstić information content (AvgIpc) is 2.70. The van der Waals surface area contributed by atoms with Crippen LogP contribution in [0, 0.1) is 6.92 Å². The molecule has 154 valence electrons. The number of methoxy groups -OCH3 is 2. The lowest BCUT2D eigenvalue weighted by Crippen LogP contribution is -2.09. The van der Waals surface area contributed by atoms with Crippen LogP contribution >= 0.6 is 0 Å². The summed E-state index contributed by atoms with van der Waals surface area (Å²) in [5, 5.41) is 10.5. The first-order valence-electron chi connectivity index (χ1n) is 9.34. The molecular formula is C24H28O5. The topological polar surface area (TPSA) is 65.0 Å². The molecule has 0 bridgehead atoms. The van der Waals surface area contributed by atoms with E-state index in [1.165, 1.54) is 26.4 Å². The summed E-state index contributed by atoms with van der Waals surface area (Å²) in [7, 11) is 2.94. The van der Waals surface area contributed by atoms with Gasteiger partial charge in [0.2, 0.25) is 0 Å². The lowest BCUT2D eigenvalue weighted by Gasteiger charge is -2.18. The molecule has 0 aliphatic heterocycles. The normalized spacial score (nSPS) is 10.8. The Hall–Kier alpha value is -3.05. The van der Waals surface area contributed by atoms with Crippen LogP contribution in [0.1, 0.15) is 40.9 Å². The zero-order valence-electron chi connectivity index (χ0n) is 17.6. The molecule has 0 atom stereocenters. The summed E-state index contributed by atoms with van der Waals surface area (Å²) in [5.41, 5.74) is 3.91. The van der Waals surface area contributed by atoms with Crippen LogP contribution in [0.4, 0.5) is 0 Å². The van der Waals surface area contributed by atoms with E-state index in [1.807, 2.05) is 51.1 Å². The van der Waals surface area contributed by atoms with Gasteiger partial charge in [0.05, 0.1) is 7.11 Å². The minimum atomic E-state index is -0.285. The summed E-state index contributed by atoms with van der Waals surface area (Å²) in [5.74, 6) is 0.226. The second-order valence-electron chi connectivity index (χ2n) is 6.93. The van der Waals surface area contributed by atoms with E-state index in [9.17, 15) is 9.90 Å². The van der Waals surface area contributed by atoms with E-state index in [2.05, 4.69) is 0 Å². The van der Waals surface area contributed by atoms with Crippen molar-refractivity contribution in [3.8, 4) is 17.2 Å². The Balaban J connectivity index is 2.53. The molecule has 0 heterocycles. The molecule has 0 aliphatic rings. The second kappa shape index (κ2) is 10.5.